The number of ketones is 3. The Morgan fingerprint density at radius 3 is 0.905 bits per heavy atom. The number of rotatable bonds is 63. The molecule has 0 aliphatic rings. The Morgan fingerprint density at radius 2 is 0.628 bits per heavy atom. The number of carboxylic acid groups (broad SMARTS) is 1. The number of carbonyl (C=O) groups excluding carboxylic acids is 5. The molecule has 809 valence electrons. The molecule has 0 bridgehead atoms. The topological polar surface area (TPSA) is 452 Å². The molecule has 13 aromatic rings. The number of aliphatic carboxylic acids is 1. The zero-order valence-corrected chi connectivity index (χ0v) is 90.6. The Kier molecular flexibility index (Phi) is 58.3. The number of ether oxygens (including phenoxy) is 7. The van der Waals surface area contributed by atoms with Crippen molar-refractivity contribution in [1.82, 2.24) is 63.5 Å². The Labute approximate surface area is 894 Å². The number of benzene rings is 5. The molecular formula is C109H152F4I2N18O14V. The van der Waals surface area contributed by atoms with Gasteiger partial charge >= 0.3 is 61.4 Å². The molecule has 8 aromatic heterocycles. The zero-order chi connectivity index (χ0) is 105. The molecule has 12 N–H and O–H groups in total. The fraction of sp³-hybridized carbons (Fsp3) is 0.523. The number of amides is 1. The van der Waals surface area contributed by atoms with Crippen molar-refractivity contribution < 1.29 is 94.1 Å². The summed E-state index contributed by atoms with van der Waals surface area (Å²) in [7, 11) is 0.628. The van der Waals surface area contributed by atoms with Crippen molar-refractivity contribution >= 4 is 186 Å². The first kappa shape index (κ1) is 125. The predicted molar refractivity (Wildman–Crippen MR) is 593 cm³/mol. The molecule has 148 heavy (non-hydrogen) atoms. The summed E-state index contributed by atoms with van der Waals surface area (Å²) < 4.78 is 99.3. The second-order valence-corrected chi connectivity index (χ2v) is 47.2. The number of pyridine rings is 4. The average molecular weight is 2320 g/mol. The van der Waals surface area contributed by atoms with Gasteiger partial charge in [0, 0.05) is 131 Å². The van der Waals surface area contributed by atoms with Gasteiger partial charge in [0.25, 0.3) is 0 Å². The van der Waals surface area contributed by atoms with Gasteiger partial charge in [0.15, 0.2) is 34.9 Å². The van der Waals surface area contributed by atoms with Gasteiger partial charge in [-0.1, -0.05) is 160 Å². The number of nitrogens with one attached hydrogen (secondary N) is 1. The number of carboxylic acids is 1. The van der Waals surface area contributed by atoms with E-state index in [-0.39, 0.29) is 90.1 Å². The van der Waals surface area contributed by atoms with Crippen LogP contribution in [0.15, 0.2) is 103 Å². The summed E-state index contributed by atoms with van der Waals surface area (Å²) in [5.74, 6) is -3.74. The average Bonchev–Trinajstić information content (AvgIpc) is 1.62. The van der Waals surface area contributed by atoms with Gasteiger partial charge in [0.1, 0.15) is 62.7 Å². The third kappa shape index (κ3) is 39.2. The van der Waals surface area contributed by atoms with E-state index in [0.29, 0.717) is 124 Å². The van der Waals surface area contributed by atoms with Crippen molar-refractivity contribution in [2.24, 2.45) is 5.73 Å². The number of nitrogens with two attached hydrogens (primary N) is 5. The Hall–Kier alpha value is -10.3. The second kappa shape index (κ2) is 69.2. The van der Waals surface area contributed by atoms with Crippen LogP contribution < -0.4 is 38.7 Å². The van der Waals surface area contributed by atoms with Crippen LogP contribution in [0.3, 0.4) is 0 Å². The number of hydrogen-bond donors (Lipinski definition) is 7. The van der Waals surface area contributed by atoms with Gasteiger partial charge in [0.2, 0.25) is 23.3 Å². The van der Waals surface area contributed by atoms with E-state index in [9.17, 15) is 46.3 Å². The summed E-state index contributed by atoms with van der Waals surface area (Å²) in [6, 6.07) is 32.2. The van der Waals surface area contributed by atoms with Gasteiger partial charge in [-0.05, 0) is 115 Å². The van der Waals surface area contributed by atoms with Gasteiger partial charge in [-0.15, -0.1) is 0 Å². The molecule has 0 radical (unpaired) electrons. The number of esters is 1. The maximum atomic E-state index is 13.6. The van der Waals surface area contributed by atoms with E-state index in [4.69, 9.17) is 82.1 Å². The molecule has 0 spiro atoms. The Balaban J connectivity index is 0.000000269. The normalized spacial score (nSPS) is 11.2. The van der Waals surface area contributed by atoms with Gasteiger partial charge in [-0.3, -0.25) is 28.8 Å². The van der Waals surface area contributed by atoms with E-state index < -0.39 is 47.4 Å². The minimum absolute atomic E-state index is 0. The maximum absolute atomic E-state index is 13.6. The van der Waals surface area contributed by atoms with Crippen LogP contribution in [0.5, 0.6) is 5.75 Å². The number of carbonyl (C=O) groups is 6. The van der Waals surface area contributed by atoms with Crippen molar-refractivity contribution in [3.8, 4) is 5.75 Å². The van der Waals surface area contributed by atoms with Crippen LogP contribution in [0.4, 0.5) is 40.8 Å². The number of anilines is 4. The van der Waals surface area contributed by atoms with Gasteiger partial charge in [-0.2, -0.15) is 8.78 Å². The number of halogens is 6. The van der Waals surface area contributed by atoms with Crippen molar-refractivity contribution in [2.75, 3.05) is 115 Å². The number of para-hydroxylation sites is 4. The van der Waals surface area contributed by atoms with Crippen molar-refractivity contribution in [3.05, 3.63) is 150 Å². The molecule has 0 saturated heterocycles. The van der Waals surface area contributed by atoms with E-state index in [2.05, 4.69) is 134 Å². The summed E-state index contributed by atoms with van der Waals surface area (Å²) >= 11 is 4.74. The van der Waals surface area contributed by atoms with Crippen LogP contribution in [0, 0.1) is 23.3 Å². The molecule has 32 nitrogen and oxygen atoms in total. The summed E-state index contributed by atoms with van der Waals surface area (Å²) in [5.41, 5.74) is 41.6. The molecule has 0 aliphatic heterocycles. The molecule has 0 fully saturated rings. The van der Waals surface area contributed by atoms with Gasteiger partial charge < -0.3 is 90.5 Å². The van der Waals surface area contributed by atoms with E-state index in [0.717, 1.165) is 291 Å². The molecule has 5 aromatic carbocycles. The fourth-order valence-electron chi connectivity index (χ4n) is 16.9. The van der Waals surface area contributed by atoms with Crippen LogP contribution in [0.25, 0.3) is 87.7 Å². The standard InChI is InChI=1S/C33H38F4N4O5.C29H43N5O4.C27H38N4O5.C18H25N5.2CH4.2HI.V/c1-2-3-12-26-40-30-31(22-10-6-7-11-25(22)39-33(30)38)41(26)15-8-4-5-9-21(42)13-16-44-18-19-45-17-14-27(43)46-32-28(36)23(34)20-24(35)29(32)37;1-3-5-14-25-33-27-28(23-12-8-9-13-24(23)32-29(27)30)34(25)17-10-6-7-11-22(35)15-18-37-20-21-38-19-16-26(36)31-4-2;1-2-3-12-23-30-25-26(21-10-6-7-11-22(21)29-27(25)28)31(23)15-8-4-5-9-20(32)13-16-35-18-19-36-17-14-24(33)34;1-2-3-10-15-22-16-17(23(15)12-7-6-11-19)13-8-4-5-9-14(13)21-18(16)20;;;;;/h6-7,10-11,20H,2-5,8-9,12-19H2,1H3,(H2,38,39);8-9,12-13H,3-7,10-11,14-21H2,1-2H3,(H2,30,32)(H,31,36);6-7,10-11H,2-5,8-9,12-19H2,1H3,(H2,28,29)(H,33,34);4-5,8-9H,2-3,6-7,10-12,19H2,1H3,(H2,20,21);2*1H4;2*1H;/q;;;;;;;;+2/p-2. The number of nitrogen functional groups attached to an aromatic ring is 4. The first-order chi connectivity index (χ1) is 70.9. The number of aromatic nitrogens is 12. The van der Waals surface area contributed by atoms with Gasteiger partial charge in [-0.25, -0.2) is 48.7 Å². The second-order valence-electron chi connectivity index (χ2n) is 35.4. The summed E-state index contributed by atoms with van der Waals surface area (Å²) in [5, 5.41) is 15.6. The molecule has 8 heterocycles. The third-order valence-electron chi connectivity index (χ3n) is 24.4. The molecule has 0 aliphatic carbocycles. The quantitative estimate of drug-likeness (QED) is 0.00465. The van der Waals surface area contributed by atoms with E-state index in [1.54, 1.807) is 0 Å². The van der Waals surface area contributed by atoms with Crippen molar-refractivity contribution in [2.45, 2.75) is 281 Å². The van der Waals surface area contributed by atoms with Crippen molar-refractivity contribution in [3.63, 3.8) is 0 Å². The van der Waals surface area contributed by atoms with Crippen LogP contribution in [0.2, 0.25) is 0 Å². The first-order valence-corrected chi connectivity index (χ1v) is 60.2. The number of unbranched alkanes of at least 4 members (excludes halogenated alkanes) is 11. The molecule has 39 heteroatoms. The van der Waals surface area contributed by atoms with Gasteiger partial charge in [0.05, 0.1) is 136 Å². The molecule has 0 saturated carbocycles. The van der Waals surface area contributed by atoms with E-state index >= 15 is 0 Å². The number of aryl methyl sites for hydroxylation is 8. The predicted octanol–water partition coefficient (Wildman–Crippen LogP) is 22.0. The molecular weight excluding hydrogens is 2170 g/mol. The Morgan fingerprint density at radius 1 is 0.358 bits per heavy atom. The van der Waals surface area contributed by atoms with E-state index in [1.807, 2.05) is 85.8 Å². The molecule has 13 rings (SSSR count). The number of fused-ring (bicyclic) bond motifs is 12. The summed E-state index contributed by atoms with van der Waals surface area (Å²) in [6.45, 7) is 18.5. The fourth-order valence-corrected chi connectivity index (χ4v) is 16.9. The van der Waals surface area contributed by atoms with E-state index in [1.165, 1.54) is 0 Å². The number of nitrogens with zero attached hydrogens (tertiary/aromatic N) is 12. The Bertz CT molecular complexity index is 6290. The van der Waals surface area contributed by atoms with Crippen molar-refractivity contribution in [1.29, 1.82) is 0 Å². The first-order valence-electron chi connectivity index (χ1n) is 51.2. The minimum atomic E-state index is -1.80. The number of Topliss-reactive ketones (excluding diaryl/α,β-unsaturated/α-hetero) is 3. The van der Waals surface area contributed by atoms with Crippen LogP contribution in [0.1, 0.15) is 253 Å². The van der Waals surface area contributed by atoms with Crippen LogP contribution in [-0.2, 0) is 119 Å². The molecule has 0 atom stereocenters. The third-order valence-corrected chi connectivity index (χ3v) is 24.4. The molecule has 0 unspecified atom stereocenters. The summed E-state index contributed by atoms with van der Waals surface area (Å²) in [4.78, 5) is 108. The van der Waals surface area contributed by atoms with Crippen LogP contribution in [-0.4, -0.2) is 191 Å². The number of hydrogen-bond acceptors (Lipinski definition) is 26. The number of imidazole rings is 4. The zero-order valence-electron chi connectivity index (χ0n) is 84.9. The SMILES string of the molecule is C.C.CCCCc1nc2c(N)nc3ccccc3c2n1CCCCCC(=O)CCOCCOCCC(=O)NCC.CCCCc1nc2c(N)nc3ccccc3c2n1CCCCCC(=O)CCOCCOCCC(=O)O.CCCCc1nc2c(N)nc3ccccc3c2n1CCCCCC(=O)CCOCCOCCC(=O)Oc1c(F)c(F)cc(F)c1F.CCCCc1nc2c(N)nc3ccccc3c2n1CCCCN.[I][V][I]. The van der Waals surface area contributed by atoms with Crippen LogP contribution >= 0.6 is 40.0 Å². The summed E-state index contributed by atoms with van der Waals surface area (Å²) in [6.07, 6.45) is 25.1. The monoisotopic (exact) mass is 2320 g/mol. The molecule has 1 amide bonds.